The van der Waals surface area contributed by atoms with Crippen LogP contribution in [0, 0.1) is 11.8 Å². The van der Waals surface area contributed by atoms with Gasteiger partial charge in [0.05, 0.1) is 0 Å². The summed E-state index contributed by atoms with van der Waals surface area (Å²) in [5.41, 5.74) is 0. The second-order valence-corrected chi connectivity index (χ2v) is 9.93. The Bertz CT molecular complexity index is 645. The fourth-order valence-corrected chi connectivity index (χ4v) is 6.17. The zero-order valence-corrected chi connectivity index (χ0v) is 15.9. The topological polar surface area (TPSA) is 52.6 Å². The molecule has 0 saturated carbocycles. The Morgan fingerprint density at radius 3 is 3.00 bits per heavy atom. The van der Waals surface area contributed by atoms with Gasteiger partial charge >= 0.3 is 0 Å². The summed E-state index contributed by atoms with van der Waals surface area (Å²) in [6.45, 7) is 8.52. The lowest BCUT2D eigenvalue weighted by Crippen LogP contribution is -2.58. The fourth-order valence-electron chi connectivity index (χ4n) is 4.06. The summed E-state index contributed by atoms with van der Waals surface area (Å²) in [6.07, 6.45) is 4.28. The van der Waals surface area contributed by atoms with Crippen LogP contribution in [0.3, 0.4) is 0 Å². The van der Waals surface area contributed by atoms with Crippen molar-refractivity contribution in [3.8, 4) is 0 Å². The monoisotopic (exact) mass is 369 g/mol. The van der Waals surface area contributed by atoms with Crippen molar-refractivity contribution in [2.75, 3.05) is 39.8 Å². The lowest BCUT2D eigenvalue weighted by Gasteiger charge is -2.50. The molecular formula is C17H27N3O2S2. The number of rotatable bonds is 8. The van der Waals surface area contributed by atoms with Crippen molar-refractivity contribution < 1.29 is 8.42 Å². The van der Waals surface area contributed by atoms with E-state index in [1.54, 1.807) is 17.5 Å². The maximum atomic E-state index is 12.3. The van der Waals surface area contributed by atoms with E-state index in [1.165, 1.54) is 17.8 Å². The molecule has 0 radical (unpaired) electrons. The number of hydrogen-bond acceptors (Lipinski definition) is 5. The maximum Gasteiger partial charge on any atom is 0.250 e. The molecule has 4 heterocycles. The maximum absolute atomic E-state index is 12.3. The van der Waals surface area contributed by atoms with Gasteiger partial charge in [-0.2, -0.15) is 0 Å². The van der Waals surface area contributed by atoms with Crippen molar-refractivity contribution in [1.82, 2.24) is 14.5 Å². The summed E-state index contributed by atoms with van der Waals surface area (Å²) in [5, 5.41) is 1.80. The van der Waals surface area contributed by atoms with Gasteiger partial charge in [0.2, 0.25) is 10.0 Å². The molecule has 3 saturated heterocycles. The highest BCUT2D eigenvalue weighted by Gasteiger charge is 2.40. The summed E-state index contributed by atoms with van der Waals surface area (Å²) >= 11 is 1.27. The molecular weight excluding hydrogens is 342 g/mol. The second kappa shape index (κ2) is 7.66. The zero-order chi connectivity index (χ0) is 17.2. The van der Waals surface area contributed by atoms with Crippen LogP contribution in [-0.2, 0) is 10.0 Å². The van der Waals surface area contributed by atoms with Crippen molar-refractivity contribution >= 4 is 21.4 Å². The number of piperidine rings is 3. The number of hydrogen-bond donors (Lipinski definition) is 1. The SMILES string of the molecule is C=CCN(C)CC1CN2CCC1CC2CNS(=O)(=O)c1cccs1. The molecule has 4 atom stereocenters. The molecule has 1 N–H and O–H groups in total. The predicted octanol–water partition coefficient (Wildman–Crippen LogP) is 1.85. The van der Waals surface area contributed by atoms with Crippen molar-refractivity contribution in [3.63, 3.8) is 0 Å². The van der Waals surface area contributed by atoms with E-state index in [2.05, 4.69) is 28.1 Å². The molecule has 1 aromatic rings. The Hall–Kier alpha value is -0.730. The highest BCUT2D eigenvalue weighted by atomic mass is 32.2. The van der Waals surface area contributed by atoms with Crippen molar-refractivity contribution in [3.05, 3.63) is 30.2 Å². The van der Waals surface area contributed by atoms with Gasteiger partial charge in [-0.3, -0.25) is 4.90 Å². The third-order valence-corrected chi connectivity index (χ3v) is 8.09. The van der Waals surface area contributed by atoms with Gasteiger partial charge in [-0.25, -0.2) is 13.1 Å². The number of thiophene rings is 1. The van der Waals surface area contributed by atoms with Crippen LogP contribution in [0.2, 0.25) is 0 Å². The van der Waals surface area contributed by atoms with Crippen molar-refractivity contribution in [1.29, 1.82) is 0 Å². The molecule has 0 aliphatic carbocycles. The lowest BCUT2D eigenvalue weighted by molar-refractivity contribution is -0.00640. The van der Waals surface area contributed by atoms with Gasteiger partial charge in [0.1, 0.15) is 4.21 Å². The Labute approximate surface area is 149 Å². The van der Waals surface area contributed by atoms with Gasteiger partial charge in [-0.1, -0.05) is 12.1 Å². The van der Waals surface area contributed by atoms with Gasteiger partial charge in [-0.05, 0) is 49.7 Å². The van der Waals surface area contributed by atoms with Gasteiger partial charge < -0.3 is 4.90 Å². The lowest BCUT2D eigenvalue weighted by atomic mass is 9.75. The first-order chi connectivity index (χ1) is 11.5. The summed E-state index contributed by atoms with van der Waals surface area (Å²) in [7, 11) is -1.21. The van der Waals surface area contributed by atoms with Crippen LogP contribution in [0.1, 0.15) is 12.8 Å². The average Bonchev–Trinajstić information content (AvgIpc) is 3.09. The van der Waals surface area contributed by atoms with Gasteiger partial charge in [0.25, 0.3) is 0 Å². The molecule has 3 fully saturated rings. The Morgan fingerprint density at radius 2 is 2.38 bits per heavy atom. The minimum atomic E-state index is -3.35. The van der Waals surface area contributed by atoms with Crippen LogP contribution in [-0.4, -0.2) is 64.0 Å². The Balaban J connectivity index is 1.54. The molecule has 1 aromatic heterocycles. The fraction of sp³-hybridized carbons (Fsp3) is 0.647. The van der Waals surface area contributed by atoms with E-state index in [9.17, 15) is 8.42 Å². The number of fused-ring (bicyclic) bond motifs is 3. The van der Waals surface area contributed by atoms with Gasteiger partial charge in [0.15, 0.2) is 0 Å². The van der Waals surface area contributed by atoms with Crippen molar-refractivity contribution in [2.45, 2.75) is 23.1 Å². The molecule has 0 amide bonds. The van der Waals surface area contributed by atoms with Crippen LogP contribution >= 0.6 is 11.3 Å². The van der Waals surface area contributed by atoms with Crippen molar-refractivity contribution in [2.24, 2.45) is 11.8 Å². The third-order valence-electron chi connectivity index (χ3n) is 5.27. The van der Waals surface area contributed by atoms with E-state index in [0.29, 0.717) is 28.6 Å². The quantitative estimate of drug-likeness (QED) is 0.711. The van der Waals surface area contributed by atoms with E-state index >= 15 is 0 Å². The summed E-state index contributed by atoms with van der Waals surface area (Å²) < 4.78 is 27.8. The van der Waals surface area contributed by atoms with Gasteiger partial charge in [-0.15, -0.1) is 17.9 Å². The molecule has 134 valence electrons. The highest BCUT2D eigenvalue weighted by Crippen LogP contribution is 2.36. The Kier molecular flexibility index (Phi) is 5.77. The first-order valence-electron chi connectivity index (χ1n) is 8.56. The largest absolute Gasteiger partial charge is 0.302 e. The molecule has 0 spiro atoms. The zero-order valence-electron chi connectivity index (χ0n) is 14.2. The first-order valence-corrected chi connectivity index (χ1v) is 10.9. The summed E-state index contributed by atoms with van der Waals surface area (Å²) in [5.74, 6) is 1.40. The van der Waals surface area contributed by atoms with Crippen LogP contribution in [0.4, 0.5) is 0 Å². The molecule has 5 nitrogen and oxygen atoms in total. The molecule has 3 aliphatic rings. The standard InChI is InChI=1S/C17H27N3O2S2/c1-3-7-19(2)12-15-13-20-8-6-14(15)10-16(20)11-18-24(21,22)17-5-4-9-23-17/h3-5,9,14-16,18H,1,6-8,10-13H2,2H3. The highest BCUT2D eigenvalue weighted by molar-refractivity contribution is 7.91. The van der Waals surface area contributed by atoms with Crippen LogP contribution in [0.15, 0.2) is 34.4 Å². The molecule has 7 heteroatoms. The molecule has 3 aliphatic heterocycles. The summed E-state index contributed by atoms with van der Waals surface area (Å²) in [6, 6.07) is 3.76. The number of nitrogens with zero attached hydrogens (tertiary/aromatic N) is 2. The molecule has 4 rings (SSSR count). The first kappa shape index (κ1) is 18.1. The van der Waals surface area contributed by atoms with E-state index in [1.807, 2.05) is 6.08 Å². The van der Waals surface area contributed by atoms with Gasteiger partial charge in [0, 0.05) is 32.2 Å². The average molecular weight is 370 g/mol. The second-order valence-electron chi connectivity index (χ2n) is 6.99. The molecule has 4 unspecified atom stereocenters. The number of sulfonamides is 1. The van der Waals surface area contributed by atoms with Crippen LogP contribution in [0.25, 0.3) is 0 Å². The predicted molar refractivity (Wildman–Crippen MR) is 98.8 cm³/mol. The molecule has 24 heavy (non-hydrogen) atoms. The third kappa shape index (κ3) is 4.08. The molecule has 2 bridgehead atoms. The minimum Gasteiger partial charge on any atom is -0.302 e. The van der Waals surface area contributed by atoms with E-state index in [4.69, 9.17) is 0 Å². The minimum absolute atomic E-state index is 0.333. The normalized spacial score (nSPS) is 29.9. The number of likely N-dealkylation sites (N-methyl/N-ethyl adjacent to an activating group) is 1. The smallest absolute Gasteiger partial charge is 0.250 e. The van der Waals surface area contributed by atoms with Crippen LogP contribution < -0.4 is 4.72 Å². The van der Waals surface area contributed by atoms with E-state index in [-0.39, 0.29) is 0 Å². The summed E-state index contributed by atoms with van der Waals surface area (Å²) in [4.78, 5) is 4.80. The molecule has 0 aromatic carbocycles. The van der Waals surface area contributed by atoms with Crippen LogP contribution in [0.5, 0.6) is 0 Å². The Morgan fingerprint density at radius 1 is 1.54 bits per heavy atom. The van der Waals surface area contributed by atoms with E-state index < -0.39 is 10.0 Å². The van der Waals surface area contributed by atoms with E-state index in [0.717, 1.165) is 32.6 Å². The number of nitrogens with one attached hydrogen (secondary N) is 1.